The Hall–Kier alpha value is -1.97. The monoisotopic (exact) mass is 246 g/mol. The quantitative estimate of drug-likeness (QED) is 0.701. The second-order valence-electron chi connectivity index (χ2n) is 5.45. The van der Waals surface area contributed by atoms with E-state index in [-0.39, 0.29) is 17.3 Å². The lowest BCUT2D eigenvalue weighted by molar-refractivity contribution is 0.0806. The van der Waals surface area contributed by atoms with E-state index in [9.17, 15) is 15.0 Å². The van der Waals surface area contributed by atoms with Crippen LogP contribution in [-0.4, -0.2) is 16.0 Å². The second kappa shape index (κ2) is 3.28. The highest BCUT2D eigenvalue weighted by atomic mass is 16.3. The molecule has 0 spiro atoms. The predicted molar refractivity (Wildman–Crippen MR) is 66.0 cm³/mol. The fourth-order valence-corrected chi connectivity index (χ4v) is 2.47. The highest BCUT2D eigenvalue weighted by Gasteiger charge is 2.38. The van der Waals surface area contributed by atoms with Crippen molar-refractivity contribution in [1.29, 1.82) is 0 Å². The van der Waals surface area contributed by atoms with Crippen LogP contribution in [0.25, 0.3) is 11.0 Å². The molecule has 0 radical (unpaired) electrons. The zero-order valence-electron chi connectivity index (χ0n) is 10.3. The summed E-state index contributed by atoms with van der Waals surface area (Å²) < 4.78 is 5.60. The Labute approximate surface area is 104 Å². The fraction of sp³-hybridized carbons (Fsp3) is 0.357. The van der Waals surface area contributed by atoms with Gasteiger partial charge in [-0.3, -0.25) is 4.79 Å². The molecule has 0 fully saturated rings. The van der Waals surface area contributed by atoms with Crippen molar-refractivity contribution in [2.45, 2.75) is 26.7 Å². The third-order valence-electron chi connectivity index (χ3n) is 3.68. The normalized spacial score (nSPS) is 18.0. The molecule has 4 heteroatoms. The number of carbonyl (C=O) groups is 1. The molecule has 18 heavy (non-hydrogen) atoms. The minimum atomic E-state index is -0.405. The Bertz CT molecular complexity index is 664. The van der Waals surface area contributed by atoms with Crippen molar-refractivity contribution in [3.8, 4) is 11.5 Å². The number of phenolic OH excluding ortho intramolecular Hbond substituents is 2. The Morgan fingerprint density at radius 2 is 1.89 bits per heavy atom. The highest BCUT2D eigenvalue weighted by Crippen LogP contribution is 2.42. The molecule has 2 aromatic rings. The fourth-order valence-electron chi connectivity index (χ4n) is 2.47. The van der Waals surface area contributed by atoms with Crippen LogP contribution in [0.15, 0.2) is 16.5 Å². The summed E-state index contributed by atoms with van der Waals surface area (Å²) in [5.74, 6) is 0.217. The van der Waals surface area contributed by atoms with Crippen LogP contribution in [-0.2, 0) is 6.42 Å². The van der Waals surface area contributed by atoms with Crippen LogP contribution in [0.5, 0.6) is 11.5 Å². The summed E-state index contributed by atoms with van der Waals surface area (Å²) in [6, 6.07) is 2.75. The van der Waals surface area contributed by atoms with Crippen molar-refractivity contribution >= 4 is 16.8 Å². The zero-order valence-corrected chi connectivity index (χ0v) is 10.3. The van der Waals surface area contributed by atoms with Gasteiger partial charge in [0.15, 0.2) is 17.3 Å². The van der Waals surface area contributed by atoms with Crippen LogP contribution in [0.2, 0.25) is 0 Å². The first-order valence-corrected chi connectivity index (χ1v) is 5.92. The number of aryl methyl sites for hydroxylation is 1. The first kappa shape index (κ1) is 11.1. The van der Waals surface area contributed by atoms with Gasteiger partial charge in [0, 0.05) is 23.3 Å². The summed E-state index contributed by atoms with van der Waals surface area (Å²) in [5.41, 5.74) is 0.593. The van der Waals surface area contributed by atoms with Crippen molar-refractivity contribution in [2.24, 2.45) is 5.41 Å². The maximum absolute atomic E-state index is 12.4. The van der Waals surface area contributed by atoms with Gasteiger partial charge in [-0.05, 0) is 12.5 Å². The first-order valence-electron chi connectivity index (χ1n) is 5.92. The van der Waals surface area contributed by atoms with E-state index in [1.807, 2.05) is 13.8 Å². The molecule has 1 aliphatic rings. The molecule has 1 aromatic heterocycles. The molecule has 4 nitrogen and oxygen atoms in total. The molecule has 0 amide bonds. The Morgan fingerprint density at radius 3 is 2.61 bits per heavy atom. The first-order chi connectivity index (χ1) is 8.40. The lowest BCUT2D eigenvalue weighted by Gasteiger charge is -2.26. The summed E-state index contributed by atoms with van der Waals surface area (Å²) in [6.07, 6.45) is 1.45. The minimum absolute atomic E-state index is 0.0348. The second-order valence-corrected chi connectivity index (χ2v) is 5.45. The lowest BCUT2D eigenvalue weighted by atomic mass is 9.75. The number of hydrogen-bond donors (Lipinski definition) is 2. The number of benzene rings is 1. The molecule has 1 aliphatic carbocycles. The molecular formula is C14H14O4. The number of fused-ring (bicyclic) bond motifs is 3. The molecule has 1 heterocycles. The Morgan fingerprint density at radius 1 is 1.22 bits per heavy atom. The maximum atomic E-state index is 12.4. The average Bonchev–Trinajstić information content (AvgIpc) is 2.63. The number of furan rings is 1. The number of rotatable bonds is 0. The van der Waals surface area contributed by atoms with E-state index in [2.05, 4.69) is 0 Å². The van der Waals surface area contributed by atoms with Gasteiger partial charge in [-0.25, -0.2) is 0 Å². The van der Waals surface area contributed by atoms with Crippen molar-refractivity contribution in [3.63, 3.8) is 0 Å². The molecule has 0 saturated carbocycles. The van der Waals surface area contributed by atoms with E-state index in [4.69, 9.17) is 4.42 Å². The summed E-state index contributed by atoms with van der Waals surface area (Å²) >= 11 is 0. The van der Waals surface area contributed by atoms with Gasteiger partial charge in [0.1, 0.15) is 11.3 Å². The Balaban J connectivity index is 2.33. The van der Waals surface area contributed by atoms with Gasteiger partial charge >= 0.3 is 0 Å². The molecule has 0 aliphatic heterocycles. The number of hydrogen-bond acceptors (Lipinski definition) is 4. The van der Waals surface area contributed by atoms with Crippen molar-refractivity contribution in [3.05, 3.63) is 23.5 Å². The van der Waals surface area contributed by atoms with Gasteiger partial charge in [-0.2, -0.15) is 0 Å². The minimum Gasteiger partial charge on any atom is -0.504 e. The van der Waals surface area contributed by atoms with Crippen molar-refractivity contribution in [2.75, 3.05) is 0 Å². The highest BCUT2D eigenvalue weighted by molar-refractivity contribution is 6.12. The number of carbonyl (C=O) groups excluding carboxylic acids is 1. The molecule has 0 atom stereocenters. The number of aromatic hydroxyl groups is 2. The topological polar surface area (TPSA) is 70.7 Å². The standard InChI is InChI=1S/C14H14O4/c1-14(2)4-3-10-12(13(14)17)7-5-8(15)9(16)6-11(7)18-10/h5-6,15-16H,3-4H2,1-2H3. The molecule has 2 N–H and O–H groups in total. The molecular weight excluding hydrogens is 232 g/mol. The number of ketones is 1. The van der Waals surface area contributed by atoms with Crippen LogP contribution in [0.3, 0.4) is 0 Å². The smallest absolute Gasteiger partial charge is 0.172 e. The summed E-state index contributed by atoms with van der Waals surface area (Å²) in [7, 11) is 0. The van der Waals surface area contributed by atoms with Gasteiger partial charge in [0.2, 0.25) is 0 Å². The molecule has 0 unspecified atom stereocenters. The van der Waals surface area contributed by atoms with Gasteiger partial charge in [0.05, 0.1) is 5.56 Å². The van der Waals surface area contributed by atoms with Crippen LogP contribution in [0.1, 0.15) is 36.4 Å². The third-order valence-corrected chi connectivity index (χ3v) is 3.68. The zero-order chi connectivity index (χ0) is 13.1. The van der Waals surface area contributed by atoms with Crippen LogP contribution >= 0.6 is 0 Å². The summed E-state index contributed by atoms with van der Waals surface area (Å²) in [4.78, 5) is 12.4. The largest absolute Gasteiger partial charge is 0.504 e. The third kappa shape index (κ3) is 1.35. The number of phenols is 2. The van der Waals surface area contributed by atoms with Gasteiger partial charge in [-0.1, -0.05) is 13.8 Å². The van der Waals surface area contributed by atoms with Crippen LogP contribution < -0.4 is 0 Å². The molecule has 94 valence electrons. The SMILES string of the molecule is CC1(C)CCc2oc3cc(O)c(O)cc3c2C1=O. The molecule has 1 aromatic carbocycles. The average molecular weight is 246 g/mol. The van der Waals surface area contributed by atoms with Crippen molar-refractivity contribution in [1.82, 2.24) is 0 Å². The maximum Gasteiger partial charge on any atom is 0.172 e. The summed E-state index contributed by atoms with van der Waals surface area (Å²) in [5, 5.41) is 19.6. The van der Waals surface area contributed by atoms with E-state index in [1.54, 1.807) is 0 Å². The molecule has 3 rings (SSSR count). The van der Waals surface area contributed by atoms with Crippen molar-refractivity contribution < 1.29 is 19.4 Å². The van der Waals surface area contributed by atoms with E-state index >= 15 is 0 Å². The van der Waals surface area contributed by atoms with E-state index in [0.717, 1.165) is 6.42 Å². The molecule has 0 saturated heterocycles. The lowest BCUT2D eigenvalue weighted by Crippen LogP contribution is -2.29. The van der Waals surface area contributed by atoms with Gasteiger partial charge in [-0.15, -0.1) is 0 Å². The number of Topliss-reactive ketones (excluding diaryl/α,β-unsaturated/α-hetero) is 1. The molecule has 0 bridgehead atoms. The summed E-state index contributed by atoms with van der Waals surface area (Å²) in [6.45, 7) is 3.83. The van der Waals surface area contributed by atoms with Crippen LogP contribution in [0.4, 0.5) is 0 Å². The van der Waals surface area contributed by atoms with E-state index < -0.39 is 5.41 Å². The van der Waals surface area contributed by atoms with Crippen LogP contribution in [0, 0.1) is 5.41 Å². The van der Waals surface area contributed by atoms with Gasteiger partial charge < -0.3 is 14.6 Å². The van der Waals surface area contributed by atoms with E-state index in [1.165, 1.54) is 12.1 Å². The van der Waals surface area contributed by atoms with E-state index in [0.29, 0.717) is 28.7 Å². The van der Waals surface area contributed by atoms with Gasteiger partial charge in [0.25, 0.3) is 0 Å². The predicted octanol–water partition coefficient (Wildman–Crippen LogP) is 3.00. The Kier molecular flexibility index (Phi) is 2.03.